The molecule has 21 heavy (non-hydrogen) atoms. The molecule has 0 spiro atoms. The molecule has 2 aromatic rings. The van der Waals surface area contributed by atoms with Crippen LogP contribution >= 0.6 is 34.2 Å². The Hall–Kier alpha value is -1.40. The van der Waals surface area contributed by atoms with Crippen LogP contribution in [0.15, 0.2) is 36.4 Å². The van der Waals surface area contributed by atoms with Crippen molar-refractivity contribution in [2.75, 3.05) is 0 Å². The van der Waals surface area contributed by atoms with Gasteiger partial charge >= 0.3 is 0 Å². The summed E-state index contributed by atoms with van der Waals surface area (Å²) in [6, 6.07) is 10.9. The molecule has 0 unspecified atom stereocenters. The molecule has 1 heterocycles. The van der Waals surface area contributed by atoms with Gasteiger partial charge in [0.1, 0.15) is 0 Å². The Morgan fingerprint density at radius 3 is 2.48 bits per heavy atom. The number of hydrogen-bond acceptors (Lipinski definition) is 2. The maximum atomic E-state index is 12.4. The van der Waals surface area contributed by atoms with E-state index in [1.54, 1.807) is 12.1 Å². The summed E-state index contributed by atoms with van der Waals surface area (Å²) in [5, 5.41) is 0.570. The topological polar surface area (TPSA) is 37.4 Å². The number of aryl methyl sites for hydroxylation is 1. The summed E-state index contributed by atoms with van der Waals surface area (Å²) < 4.78 is 0.933. The number of carbonyl (C=O) groups excluding carboxylic acids is 2. The lowest BCUT2D eigenvalue weighted by atomic mass is 10.1. The second-order valence-electron chi connectivity index (χ2n) is 4.98. The minimum atomic E-state index is -0.261. The maximum Gasteiger partial charge on any atom is 0.261 e. The lowest BCUT2D eigenvalue weighted by molar-refractivity contribution is 0.0642. The fraction of sp³-hybridized carbons (Fsp3) is 0.125. The van der Waals surface area contributed by atoms with Gasteiger partial charge in [0.15, 0.2) is 0 Å². The molecular formula is C16H11ClINO2. The molecular weight excluding hydrogens is 401 g/mol. The third-order valence-electron chi connectivity index (χ3n) is 3.47. The average molecular weight is 412 g/mol. The Kier molecular flexibility index (Phi) is 3.75. The zero-order valence-corrected chi connectivity index (χ0v) is 14.1. The molecule has 106 valence electrons. The van der Waals surface area contributed by atoms with Gasteiger partial charge in [0, 0.05) is 8.59 Å². The third kappa shape index (κ3) is 2.58. The summed E-state index contributed by atoms with van der Waals surface area (Å²) in [4.78, 5) is 26.0. The summed E-state index contributed by atoms with van der Waals surface area (Å²) in [6.45, 7) is 2.14. The van der Waals surface area contributed by atoms with Gasteiger partial charge in [-0.05, 0) is 64.9 Å². The number of benzene rings is 2. The van der Waals surface area contributed by atoms with E-state index in [1.165, 1.54) is 4.90 Å². The van der Waals surface area contributed by atoms with Crippen LogP contribution < -0.4 is 0 Å². The number of imide groups is 1. The third-order valence-corrected chi connectivity index (χ3v) is 4.49. The van der Waals surface area contributed by atoms with E-state index in [2.05, 4.69) is 22.6 Å². The summed E-state index contributed by atoms with van der Waals surface area (Å²) in [7, 11) is 0. The molecule has 2 amide bonds. The van der Waals surface area contributed by atoms with Crippen molar-refractivity contribution in [2.45, 2.75) is 13.5 Å². The van der Waals surface area contributed by atoms with Crippen LogP contribution in [0.4, 0.5) is 0 Å². The number of hydrogen-bond donors (Lipinski definition) is 0. The van der Waals surface area contributed by atoms with Gasteiger partial charge in [0.25, 0.3) is 11.8 Å². The molecule has 0 N–H and O–H groups in total. The molecule has 0 bridgehead atoms. The van der Waals surface area contributed by atoms with Crippen molar-refractivity contribution in [1.82, 2.24) is 4.90 Å². The average Bonchev–Trinajstić information content (AvgIpc) is 2.66. The highest BCUT2D eigenvalue weighted by Gasteiger charge is 2.35. The highest BCUT2D eigenvalue weighted by atomic mass is 127. The second-order valence-corrected chi connectivity index (χ2v) is 6.63. The predicted molar refractivity (Wildman–Crippen MR) is 89.6 cm³/mol. The van der Waals surface area contributed by atoms with Crippen LogP contribution in [-0.4, -0.2) is 16.7 Å². The molecule has 3 nitrogen and oxygen atoms in total. The van der Waals surface area contributed by atoms with Gasteiger partial charge in [-0.25, -0.2) is 0 Å². The van der Waals surface area contributed by atoms with Gasteiger partial charge in [0.05, 0.1) is 17.7 Å². The van der Waals surface area contributed by atoms with Crippen molar-refractivity contribution >= 4 is 46.0 Å². The van der Waals surface area contributed by atoms with Gasteiger partial charge in [0.2, 0.25) is 0 Å². The van der Waals surface area contributed by atoms with Crippen LogP contribution in [0.5, 0.6) is 0 Å². The molecule has 3 rings (SSSR count). The molecule has 0 atom stereocenters. The molecule has 0 fully saturated rings. The van der Waals surface area contributed by atoms with E-state index in [1.807, 2.05) is 31.2 Å². The van der Waals surface area contributed by atoms with E-state index in [9.17, 15) is 9.59 Å². The molecule has 0 radical (unpaired) electrons. The summed E-state index contributed by atoms with van der Waals surface area (Å²) >= 11 is 8.32. The zero-order chi connectivity index (χ0) is 15.1. The first-order valence-electron chi connectivity index (χ1n) is 6.38. The number of amides is 2. The first-order chi connectivity index (χ1) is 9.97. The predicted octanol–water partition coefficient (Wildman–Crippen LogP) is 4.05. The Bertz CT molecular complexity index is 773. The normalized spacial score (nSPS) is 13.8. The molecule has 1 aliphatic heterocycles. The number of nitrogens with zero attached hydrogens (tertiary/aromatic N) is 1. The Balaban J connectivity index is 1.95. The maximum absolute atomic E-state index is 12.4. The summed E-state index contributed by atoms with van der Waals surface area (Å²) in [6.07, 6.45) is 0. The quantitative estimate of drug-likeness (QED) is 0.552. The van der Waals surface area contributed by atoms with E-state index in [0.717, 1.165) is 14.7 Å². The fourth-order valence-corrected chi connectivity index (χ4v) is 3.14. The van der Waals surface area contributed by atoms with Crippen LogP contribution in [0.2, 0.25) is 5.02 Å². The molecule has 0 saturated heterocycles. The molecule has 2 aromatic carbocycles. The van der Waals surface area contributed by atoms with Crippen molar-refractivity contribution in [3.63, 3.8) is 0 Å². The van der Waals surface area contributed by atoms with Crippen LogP contribution in [0.3, 0.4) is 0 Å². The molecule has 0 aliphatic carbocycles. The van der Waals surface area contributed by atoms with E-state index in [0.29, 0.717) is 16.1 Å². The largest absolute Gasteiger partial charge is 0.270 e. The van der Waals surface area contributed by atoms with E-state index in [4.69, 9.17) is 11.6 Å². The van der Waals surface area contributed by atoms with Crippen molar-refractivity contribution in [2.24, 2.45) is 0 Å². The Morgan fingerprint density at radius 1 is 1.05 bits per heavy atom. The van der Waals surface area contributed by atoms with Gasteiger partial charge < -0.3 is 0 Å². The van der Waals surface area contributed by atoms with Gasteiger partial charge in [-0.1, -0.05) is 23.7 Å². The van der Waals surface area contributed by atoms with Crippen molar-refractivity contribution in [3.8, 4) is 0 Å². The Morgan fingerprint density at radius 2 is 1.76 bits per heavy atom. The number of carbonyl (C=O) groups is 2. The first-order valence-corrected chi connectivity index (χ1v) is 7.84. The van der Waals surface area contributed by atoms with Crippen molar-refractivity contribution in [3.05, 3.63) is 67.2 Å². The number of rotatable bonds is 2. The Labute approximate surface area is 141 Å². The highest BCUT2D eigenvalue weighted by Crippen LogP contribution is 2.28. The van der Waals surface area contributed by atoms with Crippen LogP contribution in [0.1, 0.15) is 31.8 Å². The molecule has 0 aromatic heterocycles. The van der Waals surface area contributed by atoms with E-state index in [-0.39, 0.29) is 18.4 Å². The van der Waals surface area contributed by atoms with Crippen molar-refractivity contribution < 1.29 is 9.59 Å². The fourth-order valence-electron chi connectivity index (χ4n) is 2.36. The smallest absolute Gasteiger partial charge is 0.261 e. The van der Waals surface area contributed by atoms with Crippen LogP contribution in [0, 0.1) is 10.5 Å². The molecule has 1 aliphatic rings. The van der Waals surface area contributed by atoms with Gasteiger partial charge in [-0.2, -0.15) is 0 Å². The summed E-state index contributed by atoms with van der Waals surface area (Å²) in [5.41, 5.74) is 2.74. The molecule has 0 saturated carbocycles. The highest BCUT2D eigenvalue weighted by molar-refractivity contribution is 14.1. The van der Waals surface area contributed by atoms with Crippen molar-refractivity contribution in [1.29, 1.82) is 0 Å². The van der Waals surface area contributed by atoms with E-state index >= 15 is 0 Å². The van der Waals surface area contributed by atoms with E-state index < -0.39 is 0 Å². The lowest BCUT2D eigenvalue weighted by Gasteiger charge is -2.15. The van der Waals surface area contributed by atoms with Gasteiger partial charge in [-0.3, -0.25) is 14.5 Å². The number of fused-ring (bicyclic) bond motifs is 1. The monoisotopic (exact) mass is 411 g/mol. The van der Waals surface area contributed by atoms with Crippen LogP contribution in [-0.2, 0) is 6.54 Å². The zero-order valence-electron chi connectivity index (χ0n) is 11.2. The van der Waals surface area contributed by atoms with Crippen LogP contribution in [0.25, 0.3) is 0 Å². The first kappa shape index (κ1) is 14.5. The SMILES string of the molecule is Cc1ccc(CN2C(=O)c3ccc(I)cc3C2=O)c(Cl)c1. The second kappa shape index (κ2) is 5.42. The number of halogens is 2. The molecule has 5 heteroatoms. The minimum absolute atomic E-state index is 0.196. The standard InChI is InChI=1S/C16H11ClINO2/c1-9-2-3-10(14(17)6-9)8-19-15(20)12-5-4-11(18)7-13(12)16(19)21/h2-7H,8H2,1H3. The lowest BCUT2D eigenvalue weighted by Crippen LogP contribution is -2.29. The summed E-state index contributed by atoms with van der Waals surface area (Å²) in [5.74, 6) is -0.520. The van der Waals surface area contributed by atoms with Gasteiger partial charge in [-0.15, -0.1) is 0 Å². The minimum Gasteiger partial charge on any atom is -0.270 e.